The first kappa shape index (κ1) is 19.1. The number of halogens is 1. The van der Waals surface area contributed by atoms with Gasteiger partial charge in [0.25, 0.3) is 5.91 Å². The van der Waals surface area contributed by atoms with Gasteiger partial charge in [-0.2, -0.15) is 0 Å². The van der Waals surface area contributed by atoms with Gasteiger partial charge in [0.1, 0.15) is 4.88 Å². The number of carbonyl (C=O) groups is 2. The number of amides is 2. The molecule has 0 aliphatic carbocycles. The summed E-state index contributed by atoms with van der Waals surface area (Å²) >= 11 is 4.79. The van der Waals surface area contributed by atoms with Crippen molar-refractivity contribution in [3.05, 3.63) is 50.6 Å². The van der Waals surface area contributed by atoms with Crippen molar-refractivity contribution in [2.45, 2.75) is 19.3 Å². The van der Waals surface area contributed by atoms with Gasteiger partial charge in [0, 0.05) is 22.6 Å². The van der Waals surface area contributed by atoms with E-state index in [2.05, 4.69) is 38.3 Å². The largest absolute Gasteiger partial charge is 0.369 e. The van der Waals surface area contributed by atoms with Crippen molar-refractivity contribution in [2.75, 3.05) is 25.0 Å². The molecule has 1 aliphatic rings. The lowest BCUT2D eigenvalue weighted by atomic mass is 9.96. The Bertz CT molecular complexity index is 767. The summed E-state index contributed by atoms with van der Waals surface area (Å²) in [5.41, 5.74) is 7.40. The predicted octanol–water partition coefficient (Wildman–Crippen LogP) is 3.50. The summed E-state index contributed by atoms with van der Waals surface area (Å²) < 4.78 is 0.816. The average molecular weight is 436 g/mol. The number of rotatable bonds is 6. The first-order valence-electron chi connectivity index (χ1n) is 8.68. The molecule has 2 aromatic rings. The zero-order chi connectivity index (χ0) is 18.5. The number of anilines is 1. The molecule has 0 spiro atoms. The average Bonchev–Trinajstić information content (AvgIpc) is 3.07. The standard InChI is InChI=1S/C19H22BrN3O2S/c20-16-8-12-26-17(16)19(25)22-15-3-1-13(2-4-15)5-9-23-10-6-14(7-11-23)18(21)24/h1-4,8,12,14H,5-7,9-11H2,(H2,21,24)(H,22,25). The van der Waals surface area contributed by atoms with Crippen LogP contribution in [0.15, 0.2) is 40.2 Å². The number of carbonyl (C=O) groups excluding carboxylic acids is 2. The third-order valence-corrected chi connectivity index (χ3v) is 6.58. The van der Waals surface area contributed by atoms with Crippen LogP contribution in [0.3, 0.4) is 0 Å². The number of hydrogen-bond donors (Lipinski definition) is 2. The summed E-state index contributed by atoms with van der Waals surface area (Å²) in [6.45, 7) is 2.83. The van der Waals surface area contributed by atoms with Gasteiger partial charge in [-0.1, -0.05) is 12.1 Å². The van der Waals surface area contributed by atoms with E-state index in [0.29, 0.717) is 4.88 Å². The Hall–Kier alpha value is -1.70. The van der Waals surface area contributed by atoms with Gasteiger partial charge in [-0.15, -0.1) is 11.3 Å². The molecule has 3 rings (SSSR count). The number of nitrogens with zero attached hydrogens (tertiary/aromatic N) is 1. The smallest absolute Gasteiger partial charge is 0.266 e. The van der Waals surface area contributed by atoms with Crippen LogP contribution in [0.2, 0.25) is 0 Å². The maximum absolute atomic E-state index is 12.2. The Kier molecular flexibility index (Phi) is 6.45. The third kappa shape index (κ3) is 4.93. The molecule has 2 heterocycles. The second-order valence-corrected chi connectivity index (χ2v) is 8.29. The molecule has 1 saturated heterocycles. The topological polar surface area (TPSA) is 75.4 Å². The quantitative estimate of drug-likeness (QED) is 0.728. The van der Waals surface area contributed by atoms with E-state index in [0.717, 1.165) is 49.1 Å². The number of likely N-dealkylation sites (tertiary alicyclic amines) is 1. The molecule has 138 valence electrons. The zero-order valence-electron chi connectivity index (χ0n) is 14.4. The van der Waals surface area contributed by atoms with Crippen molar-refractivity contribution in [2.24, 2.45) is 11.7 Å². The van der Waals surface area contributed by atoms with Crippen LogP contribution in [0.1, 0.15) is 28.1 Å². The molecule has 5 nitrogen and oxygen atoms in total. The van der Waals surface area contributed by atoms with Crippen LogP contribution in [0, 0.1) is 5.92 Å². The molecule has 1 aromatic carbocycles. The van der Waals surface area contributed by atoms with E-state index in [9.17, 15) is 9.59 Å². The lowest BCUT2D eigenvalue weighted by molar-refractivity contribution is -0.123. The molecule has 7 heteroatoms. The van der Waals surface area contributed by atoms with Gasteiger partial charge >= 0.3 is 0 Å². The molecule has 0 radical (unpaired) electrons. The zero-order valence-corrected chi connectivity index (χ0v) is 16.8. The van der Waals surface area contributed by atoms with Crippen LogP contribution < -0.4 is 11.1 Å². The lowest BCUT2D eigenvalue weighted by Gasteiger charge is -2.30. The van der Waals surface area contributed by atoms with Crippen LogP contribution in [0.25, 0.3) is 0 Å². The Morgan fingerprint density at radius 3 is 2.46 bits per heavy atom. The van der Waals surface area contributed by atoms with Crippen LogP contribution >= 0.6 is 27.3 Å². The Labute approximate surface area is 165 Å². The molecule has 0 bridgehead atoms. The molecular formula is C19H22BrN3O2S. The monoisotopic (exact) mass is 435 g/mol. The van der Waals surface area contributed by atoms with E-state index in [1.165, 1.54) is 16.9 Å². The number of hydrogen-bond acceptors (Lipinski definition) is 4. The summed E-state index contributed by atoms with van der Waals surface area (Å²) in [4.78, 5) is 26.5. The highest BCUT2D eigenvalue weighted by Gasteiger charge is 2.22. The van der Waals surface area contributed by atoms with Crippen molar-refractivity contribution < 1.29 is 9.59 Å². The molecule has 2 amide bonds. The molecule has 0 saturated carbocycles. The number of nitrogens with two attached hydrogens (primary N) is 1. The van der Waals surface area contributed by atoms with E-state index in [-0.39, 0.29) is 17.7 Å². The van der Waals surface area contributed by atoms with Gasteiger partial charge in [-0.3, -0.25) is 9.59 Å². The number of benzene rings is 1. The molecule has 1 aliphatic heterocycles. The fraction of sp³-hybridized carbons (Fsp3) is 0.368. The normalized spacial score (nSPS) is 15.7. The maximum atomic E-state index is 12.2. The van der Waals surface area contributed by atoms with E-state index in [1.807, 2.05) is 23.6 Å². The highest BCUT2D eigenvalue weighted by atomic mass is 79.9. The van der Waals surface area contributed by atoms with Gasteiger partial charge in [0.15, 0.2) is 0 Å². The van der Waals surface area contributed by atoms with Gasteiger partial charge in [0.05, 0.1) is 0 Å². The third-order valence-electron chi connectivity index (χ3n) is 4.74. The minimum atomic E-state index is -0.170. The Morgan fingerprint density at radius 2 is 1.88 bits per heavy atom. The van der Waals surface area contributed by atoms with Crippen molar-refractivity contribution >= 4 is 44.8 Å². The molecule has 0 unspecified atom stereocenters. The van der Waals surface area contributed by atoms with Crippen LogP contribution in [-0.4, -0.2) is 36.3 Å². The van der Waals surface area contributed by atoms with Crippen LogP contribution in [0.5, 0.6) is 0 Å². The molecule has 26 heavy (non-hydrogen) atoms. The number of primary amides is 1. The lowest BCUT2D eigenvalue weighted by Crippen LogP contribution is -2.39. The first-order chi connectivity index (χ1) is 12.5. The molecular weight excluding hydrogens is 414 g/mol. The van der Waals surface area contributed by atoms with Crippen LogP contribution in [-0.2, 0) is 11.2 Å². The Balaban J connectivity index is 1.47. The summed E-state index contributed by atoms with van der Waals surface area (Å²) in [6.07, 6.45) is 2.67. The van der Waals surface area contributed by atoms with Gasteiger partial charge < -0.3 is 16.0 Å². The molecule has 1 aromatic heterocycles. The number of nitrogens with one attached hydrogen (secondary N) is 1. The molecule has 3 N–H and O–H groups in total. The maximum Gasteiger partial charge on any atom is 0.266 e. The second kappa shape index (κ2) is 8.79. The second-order valence-electron chi connectivity index (χ2n) is 6.52. The van der Waals surface area contributed by atoms with Crippen molar-refractivity contribution in [3.63, 3.8) is 0 Å². The summed E-state index contributed by atoms with van der Waals surface area (Å²) in [5.74, 6) is -0.230. The fourth-order valence-corrected chi connectivity index (χ4v) is 4.57. The minimum Gasteiger partial charge on any atom is -0.369 e. The molecule has 0 atom stereocenters. The Morgan fingerprint density at radius 1 is 1.19 bits per heavy atom. The SMILES string of the molecule is NC(=O)C1CCN(CCc2ccc(NC(=O)c3sccc3Br)cc2)CC1. The van der Waals surface area contributed by atoms with Crippen molar-refractivity contribution in [1.82, 2.24) is 4.90 Å². The van der Waals surface area contributed by atoms with Crippen molar-refractivity contribution in [3.8, 4) is 0 Å². The van der Waals surface area contributed by atoms with E-state index >= 15 is 0 Å². The van der Waals surface area contributed by atoms with Gasteiger partial charge in [-0.25, -0.2) is 0 Å². The number of thiophene rings is 1. The van der Waals surface area contributed by atoms with Gasteiger partial charge in [-0.05, 0) is 77.4 Å². The van der Waals surface area contributed by atoms with Crippen molar-refractivity contribution in [1.29, 1.82) is 0 Å². The highest BCUT2D eigenvalue weighted by Crippen LogP contribution is 2.24. The summed E-state index contributed by atoms with van der Waals surface area (Å²) in [6, 6.07) is 9.85. The van der Waals surface area contributed by atoms with E-state index in [1.54, 1.807) is 0 Å². The fourth-order valence-electron chi connectivity index (χ4n) is 3.13. The highest BCUT2D eigenvalue weighted by molar-refractivity contribution is 9.10. The van der Waals surface area contributed by atoms with Crippen LogP contribution in [0.4, 0.5) is 5.69 Å². The molecule has 1 fully saturated rings. The number of piperidine rings is 1. The summed E-state index contributed by atoms with van der Waals surface area (Å²) in [5, 5.41) is 4.80. The summed E-state index contributed by atoms with van der Waals surface area (Å²) in [7, 11) is 0. The predicted molar refractivity (Wildman–Crippen MR) is 108 cm³/mol. The van der Waals surface area contributed by atoms with Gasteiger partial charge in [0.2, 0.25) is 5.91 Å². The van der Waals surface area contributed by atoms with E-state index < -0.39 is 0 Å². The minimum absolute atomic E-state index is 0.0394. The first-order valence-corrected chi connectivity index (χ1v) is 10.3. The van der Waals surface area contributed by atoms with E-state index in [4.69, 9.17) is 5.73 Å².